The molecule has 0 N–H and O–H groups in total. The average molecular weight is 787 g/mol. The fraction of sp³-hybridized carbons (Fsp3) is 0.0526. The molecule has 4 heteroatoms. The molecule has 0 spiro atoms. The lowest BCUT2D eigenvalue weighted by atomic mass is 10.0. The van der Waals surface area contributed by atoms with Crippen molar-refractivity contribution < 1.29 is 0 Å². The highest BCUT2D eigenvalue weighted by atomic mass is 15.1. The Hall–Kier alpha value is -7.82. The molecule has 0 saturated carbocycles. The van der Waals surface area contributed by atoms with E-state index < -0.39 is 0 Å². The van der Waals surface area contributed by atoms with Crippen LogP contribution in [0.15, 0.2) is 224 Å². The lowest BCUT2D eigenvalue weighted by Crippen LogP contribution is -2.11. The van der Waals surface area contributed by atoms with Crippen molar-refractivity contribution in [3.05, 3.63) is 224 Å². The van der Waals surface area contributed by atoms with Crippen LogP contribution in [0, 0.1) is 0 Å². The standard InChI is InChI=1S/C57H46N4/c1-58(53-28-16-13-25-48(53)41-19-7-4-8-20-41)44-31-33-45(34-32-44)61-56-37-35-46(59(2)54-29-17-14-26-49(54)42-21-9-5-10-22-42)39-51(56)52-40-47(36-38-57(52)61)60(3)55-30-18-15-27-50(55)43-23-11-6-12-24-43/h4-40H,1-3H3. The van der Waals surface area contributed by atoms with Gasteiger partial charge in [0.05, 0.1) is 11.0 Å². The fourth-order valence-corrected chi connectivity index (χ4v) is 8.82. The Morgan fingerprint density at radius 1 is 0.295 bits per heavy atom. The van der Waals surface area contributed by atoms with Crippen molar-refractivity contribution in [1.82, 2.24) is 4.57 Å². The summed E-state index contributed by atoms with van der Waals surface area (Å²) < 4.78 is 2.41. The van der Waals surface area contributed by atoms with Crippen LogP contribution in [-0.2, 0) is 0 Å². The van der Waals surface area contributed by atoms with Gasteiger partial charge < -0.3 is 19.3 Å². The second-order valence-corrected chi connectivity index (χ2v) is 15.6. The Morgan fingerprint density at radius 3 is 0.984 bits per heavy atom. The molecule has 4 nitrogen and oxygen atoms in total. The van der Waals surface area contributed by atoms with Gasteiger partial charge in [0.1, 0.15) is 0 Å². The number of hydrogen-bond acceptors (Lipinski definition) is 3. The quantitative estimate of drug-likeness (QED) is 0.137. The molecule has 0 amide bonds. The monoisotopic (exact) mass is 786 g/mol. The smallest absolute Gasteiger partial charge is 0.0542 e. The molecule has 0 aliphatic rings. The van der Waals surface area contributed by atoms with Crippen LogP contribution in [0.3, 0.4) is 0 Å². The van der Waals surface area contributed by atoms with E-state index in [0.717, 1.165) is 50.8 Å². The van der Waals surface area contributed by atoms with Crippen molar-refractivity contribution in [2.75, 3.05) is 35.8 Å². The number of fused-ring (bicyclic) bond motifs is 3. The molecule has 0 radical (unpaired) electrons. The summed E-state index contributed by atoms with van der Waals surface area (Å²) in [7, 11) is 6.50. The maximum absolute atomic E-state index is 2.41. The molecule has 0 unspecified atom stereocenters. The van der Waals surface area contributed by atoms with Crippen LogP contribution in [0.4, 0.5) is 34.1 Å². The number of para-hydroxylation sites is 3. The summed E-state index contributed by atoms with van der Waals surface area (Å²) in [6.07, 6.45) is 0. The zero-order valence-electron chi connectivity index (χ0n) is 34.7. The van der Waals surface area contributed by atoms with Crippen molar-refractivity contribution in [2.45, 2.75) is 0 Å². The second kappa shape index (κ2) is 16.1. The van der Waals surface area contributed by atoms with Gasteiger partial charge in [-0.25, -0.2) is 0 Å². The summed E-state index contributed by atoms with van der Waals surface area (Å²) in [5.41, 5.74) is 17.5. The Labute approximate surface area is 358 Å². The second-order valence-electron chi connectivity index (χ2n) is 15.6. The van der Waals surface area contributed by atoms with Crippen molar-refractivity contribution in [3.8, 4) is 39.1 Å². The molecular formula is C57H46N4. The number of nitrogens with zero attached hydrogens (tertiary/aromatic N) is 4. The van der Waals surface area contributed by atoms with E-state index in [0.29, 0.717) is 0 Å². The van der Waals surface area contributed by atoms with Gasteiger partial charge in [-0.3, -0.25) is 0 Å². The third kappa shape index (κ3) is 6.98. The van der Waals surface area contributed by atoms with Gasteiger partial charge in [-0.15, -0.1) is 0 Å². The van der Waals surface area contributed by atoms with Crippen LogP contribution in [0.1, 0.15) is 0 Å². The van der Waals surface area contributed by atoms with E-state index in [1.54, 1.807) is 0 Å². The Morgan fingerprint density at radius 2 is 0.607 bits per heavy atom. The summed E-state index contributed by atoms with van der Waals surface area (Å²) in [4.78, 5) is 6.91. The summed E-state index contributed by atoms with van der Waals surface area (Å²) in [5.74, 6) is 0. The lowest BCUT2D eigenvalue weighted by molar-refractivity contribution is 1.16. The molecule has 0 fully saturated rings. The minimum atomic E-state index is 1.11. The van der Waals surface area contributed by atoms with E-state index in [4.69, 9.17) is 0 Å². The molecule has 1 heterocycles. The minimum Gasteiger partial charge on any atom is -0.344 e. The molecule has 9 aromatic carbocycles. The first kappa shape index (κ1) is 37.5. The van der Waals surface area contributed by atoms with E-state index in [2.05, 4.69) is 265 Å². The first-order valence-electron chi connectivity index (χ1n) is 20.9. The predicted molar refractivity (Wildman–Crippen MR) is 261 cm³/mol. The molecular weight excluding hydrogens is 741 g/mol. The van der Waals surface area contributed by atoms with Crippen LogP contribution in [0.25, 0.3) is 60.9 Å². The van der Waals surface area contributed by atoms with Crippen LogP contribution < -0.4 is 14.7 Å². The average Bonchev–Trinajstić information content (AvgIpc) is 3.67. The molecule has 0 bridgehead atoms. The van der Waals surface area contributed by atoms with Gasteiger partial charge >= 0.3 is 0 Å². The van der Waals surface area contributed by atoms with Gasteiger partial charge in [-0.05, 0) is 95.6 Å². The summed E-state index contributed by atoms with van der Waals surface area (Å²) in [6, 6.07) is 80.7. The van der Waals surface area contributed by atoms with Gasteiger partial charge in [0.25, 0.3) is 0 Å². The number of anilines is 6. The predicted octanol–water partition coefficient (Wildman–Crippen LogP) is 15.1. The zero-order valence-corrected chi connectivity index (χ0v) is 34.7. The fourth-order valence-electron chi connectivity index (χ4n) is 8.82. The first-order valence-corrected chi connectivity index (χ1v) is 20.9. The summed E-state index contributed by atoms with van der Waals surface area (Å²) in [6.45, 7) is 0. The van der Waals surface area contributed by atoms with Crippen LogP contribution in [0.5, 0.6) is 0 Å². The van der Waals surface area contributed by atoms with Crippen molar-refractivity contribution in [3.63, 3.8) is 0 Å². The molecule has 0 aliphatic heterocycles. The van der Waals surface area contributed by atoms with Crippen LogP contribution >= 0.6 is 0 Å². The molecule has 0 saturated heterocycles. The maximum Gasteiger partial charge on any atom is 0.0542 e. The van der Waals surface area contributed by atoms with Crippen LogP contribution in [-0.4, -0.2) is 25.7 Å². The van der Waals surface area contributed by atoms with Gasteiger partial charge in [-0.2, -0.15) is 0 Å². The van der Waals surface area contributed by atoms with E-state index in [9.17, 15) is 0 Å². The minimum absolute atomic E-state index is 1.11. The van der Waals surface area contributed by atoms with E-state index in [1.807, 2.05) is 0 Å². The van der Waals surface area contributed by atoms with Gasteiger partial charge in [-0.1, -0.05) is 146 Å². The molecule has 294 valence electrons. The highest BCUT2D eigenvalue weighted by Crippen LogP contribution is 2.42. The topological polar surface area (TPSA) is 14.7 Å². The Bertz CT molecular complexity index is 2970. The molecule has 61 heavy (non-hydrogen) atoms. The van der Waals surface area contributed by atoms with Crippen LogP contribution in [0.2, 0.25) is 0 Å². The third-order valence-electron chi connectivity index (χ3n) is 12.1. The molecule has 0 atom stereocenters. The van der Waals surface area contributed by atoms with E-state index >= 15 is 0 Å². The summed E-state index contributed by atoms with van der Waals surface area (Å²) >= 11 is 0. The van der Waals surface area contributed by atoms with Crippen molar-refractivity contribution in [1.29, 1.82) is 0 Å². The zero-order chi connectivity index (χ0) is 41.3. The largest absolute Gasteiger partial charge is 0.344 e. The van der Waals surface area contributed by atoms with Crippen molar-refractivity contribution in [2.24, 2.45) is 0 Å². The van der Waals surface area contributed by atoms with E-state index in [1.165, 1.54) is 44.2 Å². The molecule has 10 rings (SSSR count). The Balaban J connectivity index is 1.09. The number of rotatable bonds is 10. The van der Waals surface area contributed by atoms with Gasteiger partial charge in [0.15, 0.2) is 0 Å². The normalized spacial score (nSPS) is 11.2. The van der Waals surface area contributed by atoms with Gasteiger partial charge in [0.2, 0.25) is 0 Å². The maximum atomic E-state index is 2.41. The highest BCUT2D eigenvalue weighted by molar-refractivity contribution is 6.12. The van der Waals surface area contributed by atoms with E-state index in [-0.39, 0.29) is 0 Å². The number of benzene rings is 9. The molecule has 0 aliphatic carbocycles. The third-order valence-corrected chi connectivity index (χ3v) is 12.1. The SMILES string of the molecule is CN(c1ccc(-n2c3ccc(N(C)c4ccccc4-c4ccccc4)cc3c3cc(N(C)c4ccccc4-c4ccccc4)ccc32)cc1)c1ccccc1-c1ccccc1. The Kier molecular flexibility index (Phi) is 9.88. The highest BCUT2D eigenvalue weighted by Gasteiger charge is 2.19. The summed E-state index contributed by atoms with van der Waals surface area (Å²) in [5, 5.41) is 2.39. The molecule has 10 aromatic rings. The number of aromatic nitrogens is 1. The van der Waals surface area contributed by atoms with Gasteiger partial charge in [0, 0.05) is 88.4 Å². The number of hydrogen-bond donors (Lipinski definition) is 0. The van der Waals surface area contributed by atoms with Crippen molar-refractivity contribution >= 4 is 55.9 Å². The molecule has 1 aromatic heterocycles. The lowest BCUT2D eigenvalue weighted by Gasteiger charge is -2.23. The first-order chi connectivity index (χ1) is 30.0.